The molecule has 0 amide bonds. The second kappa shape index (κ2) is 3.56. The highest BCUT2D eigenvalue weighted by Crippen LogP contribution is 1.85. The topological polar surface area (TPSA) is 24.1 Å². The first-order valence-corrected chi connectivity index (χ1v) is 3.43. The Morgan fingerprint density at radius 1 is 1.78 bits per heavy atom. The molecule has 1 unspecified atom stereocenters. The van der Waals surface area contributed by atoms with Crippen molar-refractivity contribution in [1.29, 1.82) is 0 Å². The molecule has 0 bridgehead atoms. The Balaban J connectivity index is 2.01. The van der Waals surface area contributed by atoms with Crippen LogP contribution in [-0.2, 0) is 0 Å². The average Bonchev–Trinajstić information content (AvgIpc) is 2.34. The molecule has 1 atom stereocenters. The summed E-state index contributed by atoms with van der Waals surface area (Å²) in [5.74, 6) is 2.02. The van der Waals surface area contributed by atoms with Crippen LogP contribution in [0.3, 0.4) is 0 Å². The van der Waals surface area contributed by atoms with Crippen molar-refractivity contribution in [3.8, 4) is 0 Å². The summed E-state index contributed by atoms with van der Waals surface area (Å²) in [6, 6.07) is 0.380. The Morgan fingerprint density at radius 3 is 3.22 bits per heavy atom. The molecule has 0 fully saturated rings. The lowest BCUT2D eigenvalue weighted by Gasteiger charge is -2.11. The predicted molar refractivity (Wildman–Crippen MR) is 40.1 cm³/mol. The Kier molecular flexibility index (Phi) is 2.65. The van der Waals surface area contributed by atoms with E-state index in [-0.39, 0.29) is 0 Å². The first-order valence-electron chi connectivity index (χ1n) is 3.43. The van der Waals surface area contributed by atoms with Crippen LogP contribution in [0.1, 0.15) is 13.3 Å². The largest absolute Gasteiger partial charge is 0.384 e. The zero-order valence-corrected chi connectivity index (χ0v) is 5.72. The van der Waals surface area contributed by atoms with Gasteiger partial charge in [0.05, 0.1) is 0 Å². The lowest BCUT2D eigenvalue weighted by molar-refractivity contribution is 0.595. The summed E-state index contributed by atoms with van der Waals surface area (Å²) >= 11 is 0. The minimum Gasteiger partial charge on any atom is -0.384 e. The van der Waals surface area contributed by atoms with Crippen molar-refractivity contribution in [1.82, 2.24) is 10.6 Å². The van der Waals surface area contributed by atoms with E-state index in [9.17, 15) is 0 Å². The Hall–Kier alpha value is -0.435. The van der Waals surface area contributed by atoms with Crippen molar-refractivity contribution in [2.24, 2.45) is 0 Å². The maximum atomic E-state index is 3.30. The Morgan fingerprint density at radius 2 is 2.67 bits per heavy atom. The molecular formula is C6H12BN2. The quantitative estimate of drug-likeness (QED) is 0.518. The van der Waals surface area contributed by atoms with E-state index < -0.39 is 0 Å². The lowest BCUT2D eigenvalue weighted by Crippen LogP contribution is -2.40. The molecule has 0 spiro atoms. The van der Waals surface area contributed by atoms with E-state index >= 15 is 0 Å². The summed E-state index contributed by atoms with van der Waals surface area (Å²) < 4.78 is 0. The predicted octanol–water partition coefficient (Wildman–Crippen LogP) is 0.0482. The molecule has 1 aliphatic heterocycles. The number of rotatable bonds is 3. The molecular weight excluding hydrogens is 111 g/mol. The summed E-state index contributed by atoms with van der Waals surface area (Å²) in [4.78, 5) is 0. The molecule has 9 heavy (non-hydrogen) atoms. The van der Waals surface area contributed by atoms with Gasteiger partial charge in [0.2, 0.25) is 0 Å². The molecule has 1 rings (SSSR count). The highest BCUT2D eigenvalue weighted by atomic mass is 15.1. The number of nitrogens with one attached hydrogen (secondary N) is 2. The van der Waals surface area contributed by atoms with Crippen LogP contribution in [0.4, 0.5) is 0 Å². The van der Waals surface area contributed by atoms with Crippen LogP contribution in [-0.4, -0.2) is 19.9 Å². The third kappa shape index (κ3) is 2.10. The maximum Gasteiger partial charge on any atom is 0.192 e. The molecule has 0 aromatic carbocycles. The molecule has 1 aliphatic rings. The summed E-state index contributed by atoms with van der Waals surface area (Å²) in [5.41, 5.74) is 0. The lowest BCUT2D eigenvalue weighted by atomic mass is 9.77. The SMILES string of the molecule is CCCNC1[B]C=CN1. The van der Waals surface area contributed by atoms with E-state index in [0.29, 0.717) is 6.07 Å². The molecule has 0 aromatic rings. The van der Waals surface area contributed by atoms with Gasteiger partial charge in [-0.25, -0.2) is 0 Å². The van der Waals surface area contributed by atoms with Crippen LogP contribution in [0.25, 0.3) is 0 Å². The second-order valence-electron chi connectivity index (χ2n) is 2.15. The smallest absolute Gasteiger partial charge is 0.192 e. The fourth-order valence-electron chi connectivity index (χ4n) is 0.808. The molecule has 49 valence electrons. The maximum absolute atomic E-state index is 3.30. The monoisotopic (exact) mass is 123 g/mol. The molecule has 0 saturated heterocycles. The van der Waals surface area contributed by atoms with Crippen molar-refractivity contribution in [3.63, 3.8) is 0 Å². The third-order valence-corrected chi connectivity index (χ3v) is 1.29. The number of hydrogen-bond acceptors (Lipinski definition) is 2. The van der Waals surface area contributed by atoms with E-state index in [4.69, 9.17) is 0 Å². The van der Waals surface area contributed by atoms with Crippen LogP contribution in [0, 0.1) is 0 Å². The first kappa shape index (κ1) is 6.68. The van der Waals surface area contributed by atoms with Gasteiger partial charge in [0, 0.05) is 6.07 Å². The van der Waals surface area contributed by atoms with Gasteiger partial charge in [-0.3, -0.25) is 0 Å². The molecule has 0 aliphatic carbocycles. The summed E-state index contributed by atoms with van der Waals surface area (Å²) in [7, 11) is 2.11. The van der Waals surface area contributed by atoms with Crippen molar-refractivity contribution in [2.45, 2.75) is 19.4 Å². The Labute approximate surface area is 57.0 Å². The summed E-state index contributed by atoms with van der Waals surface area (Å²) in [6.07, 6.45) is 3.14. The van der Waals surface area contributed by atoms with Crippen molar-refractivity contribution >= 4 is 7.28 Å². The molecule has 1 radical (unpaired) electrons. The van der Waals surface area contributed by atoms with Crippen molar-refractivity contribution < 1.29 is 0 Å². The van der Waals surface area contributed by atoms with Crippen LogP contribution in [0.2, 0.25) is 0 Å². The van der Waals surface area contributed by atoms with Crippen LogP contribution >= 0.6 is 0 Å². The van der Waals surface area contributed by atoms with E-state index in [2.05, 4.69) is 24.8 Å². The van der Waals surface area contributed by atoms with Crippen LogP contribution < -0.4 is 10.6 Å². The van der Waals surface area contributed by atoms with Crippen molar-refractivity contribution in [2.75, 3.05) is 6.54 Å². The van der Waals surface area contributed by atoms with Gasteiger partial charge in [0.25, 0.3) is 0 Å². The molecule has 3 heteroatoms. The normalized spacial score (nSPS) is 23.4. The fourth-order valence-corrected chi connectivity index (χ4v) is 0.808. The van der Waals surface area contributed by atoms with Gasteiger partial charge in [0.1, 0.15) is 0 Å². The summed E-state index contributed by atoms with van der Waals surface area (Å²) in [5, 5.41) is 6.45. The van der Waals surface area contributed by atoms with Gasteiger partial charge < -0.3 is 10.6 Å². The van der Waals surface area contributed by atoms with Gasteiger partial charge in [0.15, 0.2) is 7.28 Å². The Bertz CT molecular complexity index is 95.2. The minimum absolute atomic E-state index is 0.380. The highest BCUT2D eigenvalue weighted by Gasteiger charge is 2.07. The van der Waals surface area contributed by atoms with Gasteiger partial charge >= 0.3 is 0 Å². The second-order valence-corrected chi connectivity index (χ2v) is 2.15. The zero-order valence-electron chi connectivity index (χ0n) is 5.72. The van der Waals surface area contributed by atoms with Crippen molar-refractivity contribution in [3.05, 3.63) is 12.2 Å². The van der Waals surface area contributed by atoms with Crippen LogP contribution in [0.5, 0.6) is 0 Å². The van der Waals surface area contributed by atoms with E-state index in [0.717, 1.165) is 6.54 Å². The molecule has 2 N–H and O–H groups in total. The zero-order chi connectivity index (χ0) is 6.53. The molecule has 2 nitrogen and oxygen atoms in total. The standard InChI is InChI=1S/C6H12BN2/c1-2-4-8-6-7-3-5-9-6/h3,5-6,8-9H,2,4H2,1H3. The molecule has 1 heterocycles. The van der Waals surface area contributed by atoms with Gasteiger partial charge in [-0.15, -0.1) is 5.98 Å². The van der Waals surface area contributed by atoms with Gasteiger partial charge in [-0.1, -0.05) is 6.92 Å². The van der Waals surface area contributed by atoms with Crippen LogP contribution in [0.15, 0.2) is 12.2 Å². The van der Waals surface area contributed by atoms with E-state index in [1.807, 2.05) is 12.2 Å². The van der Waals surface area contributed by atoms with E-state index in [1.165, 1.54) is 6.42 Å². The minimum atomic E-state index is 0.380. The fraction of sp³-hybridized carbons (Fsp3) is 0.667. The average molecular weight is 123 g/mol. The van der Waals surface area contributed by atoms with E-state index in [1.54, 1.807) is 0 Å². The first-order chi connectivity index (χ1) is 4.43. The highest BCUT2D eigenvalue weighted by molar-refractivity contribution is 6.45. The van der Waals surface area contributed by atoms with Gasteiger partial charge in [-0.05, 0) is 19.2 Å². The summed E-state index contributed by atoms with van der Waals surface area (Å²) in [6.45, 7) is 3.24. The number of hydrogen-bond donors (Lipinski definition) is 2. The third-order valence-electron chi connectivity index (χ3n) is 1.29. The van der Waals surface area contributed by atoms with Gasteiger partial charge in [-0.2, -0.15) is 0 Å². The molecule has 0 saturated carbocycles. The molecule has 0 aromatic heterocycles.